The average Bonchev–Trinajstić information content (AvgIpc) is 2.94. The van der Waals surface area contributed by atoms with E-state index in [2.05, 4.69) is 5.32 Å². The molecule has 0 aliphatic carbocycles. The SMILES string of the molecule is Nc1ccc(C(=O)NC(CC(=O)O)c2cccs2)cc1Cl. The van der Waals surface area contributed by atoms with Crippen LogP contribution in [0.25, 0.3) is 0 Å². The minimum absolute atomic E-state index is 0.186. The van der Waals surface area contributed by atoms with Gasteiger partial charge >= 0.3 is 5.97 Å². The van der Waals surface area contributed by atoms with Crippen molar-refractivity contribution >= 4 is 40.5 Å². The van der Waals surface area contributed by atoms with Crippen LogP contribution in [0.3, 0.4) is 0 Å². The fraction of sp³-hybridized carbons (Fsp3) is 0.143. The highest BCUT2D eigenvalue weighted by Crippen LogP contribution is 2.24. The van der Waals surface area contributed by atoms with Crippen molar-refractivity contribution in [3.63, 3.8) is 0 Å². The molecule has 0 radical (unpaired) electrons. The van der Waals surface area contributed by atoms with Gasteiger partial charge in [-0.3, -0.25) is 9.59 Å². The fourth-order valence-electron chi connectivity index (χ4n) is 1.80. The summed E-state index contributed by atoms with van der Waals surface area (Å²) in [5, 5.41) is 13.8. The number of aliphatic carboxylic acids is 1. The van der Waals surface area contributed by atoms with Crippen molar-refractivity contribution in [1.29, 1.82) is 0 Å². The molecule has 2 rings (SSSR count). The van der Waals surface area contributed by atoms with E-state index in [1.165, 1.54) is 23.5 Å². The number of hydrogen-bond acceptors (Lipinski definition) is 4. The van der Waals surface area contributed by atoms with E-state index in [-0.39, 0.29) is 11.4 Å². The number of nitrogens with one attached hydrogen (secondary N) is 1. The first-order valence-corrected chi connectivity index (χ1v) is 7.34. The number of amides is 1. The van der Waals surface area contributed by atoms with Crippen molar-refractivity contribution in [3.8, 4) is 0 Å². The van der Waals surface area contributed by atoms with Crippen LogP contribution in [-0.2, 0) is 4.79 Å². The summed E-state index contributed by atoms with van der Waals surface area (Å²) in [6.45, 7) is 0. The fourth-order valence-corrected chi connectivity index (χ4v) is 2.76. The van der Waals surface area contributed by atoms with Gasteiger partial charge in [0.05, 0.1) is 23.2 Å². The van der Waals surface area contributed by atoms with Gasteiger partial charge in [0, 0.05) is 10.4 Å². The van der Waals surface area contributed by atoms with E-state index in [0.717, 1.165) is 4.88 Å². The molecule has 0 aliphatic heterocycles. The van der Waals surface area contributed by atoms with Crippen LogP contribution in [-0.4, -0.2) is 17.0 Å². The number of thiophene rings is 1. The van der Waals surface area contributed by atoms with Gasteiger partial charge in [-0.1, -0.05) is 17.7 Å². The molecular formula is C14H13ClN2O3S. The quantitative estimate of drug-likeness (QED) is 0.737. The van der Waals surface area contributed by atoms with E-state index in [1.807, 2.05) is 5.38 Å². The highest BCUT2D eigenvalue weighted by atomic mass is 35.5. The number of nitrogens with two attached hydrogens (primary N) is 1. The Bertz CT molecular complexity index is 658. The van der Waals surface area contributed by atoms with Crippen LogP contribution in [0.15, 0.2) is 35.7 Å². The molecule has 1 amide bonds. The number of rotatable bonds is 5. The molecule has 0 aliphatic rings. The normalized spacial score (nSPS) is 11.9. The van der Waals surface area contributed by atoms with E-state index in [9.17, 15) is 9.59 Å². The summed E-state index contributed by atoms with van der Waals surface area (Å²) in [6, 6.07) is 7.55. The Kier molecular flexibility index (Phi) is 4.82. The number of nitrogen functional groups attached to an aromatic ring is 1. The largest absolute Gasteiger partial charge is 0.481 e. The van der Waals surface area contributed by atoms with Gasteiger partial charge in [-0.2, -0.15) is 0 Å². The van der Waals surface area contributed by atoms with E-state index < -0.39 is 17.9 Å². The molecule has 1 aromatic heterocycles. The summed E-state index contributed by atoms with van der Waals surface area (Å²) >= 11 is 7.27. The molecule has 5 nitrogen and oxygen atoms in total. The third-order valence-electron chi connectivity index (χ3n) is 2.83. The number of anilines is 1. The van der Waals surface area contributed by atoms with Gasteiger partial charge in [-0.25, -0.2) is 0 Å². The van der Waals surface area contributed by atoms with Crippen LogP contribution in [0, 0.1) is 0 Å². The third kappa shape index (κ3) is 3.96. The lowest BCUT2D eigenvalue weighted by atomic mass is 10.1. The lowest BCUT2D eigenvalue weighted by Crippen LogP contribution is -2.29. The van der Waals surface area contributed by atoms with E-state index >= 15 is 0 Å². The Morgan fingerprint density at radius 3 is 2.71 bits per heavy atom. The number of halogens is 1. The molecule has 0 saturated carbocycles. The second-order valence-electron chi connectivity index (χ2n) is 4.38. The first kappa shape index (κ1) is 15.3. The Morgan fingerprint density at radius 2 is 2.14 bits per heavy atom. The third-order valence-corrected chi connectivity index (χ3v) is 4.15. The summed E-state index contributed by atoms with van der Waals surface area (Å²) in [5.74, 6) is -1.37. The summed E-state index contributed by atoms with van der Waals surface area (Å²) in [5.41, 5.74) is 6.31. The molecule has 0 saturated heterocycles. The molecule has 1 atom stereocenters. The average molecular weight is 325 g/mol. The predicted octanol–water partition coefficient (Wildman–Crippen LogP) is 2.93. The highest BCUT2D eigenvalue weighted by Gasteiger charge is 2.20. The topological polar surface area (TPSA) is 92.4 Å². The molecule has 0 spiro atoms. The molecule has 1 unspecified atom stereocenters. The number of carbonyl (C=O) groups is 2. The summed E-state index contributed by atoms with van der Waals surface area (Å²) in [7, 11) is 0. The van der Waals surface area contributed by atoms with Gasteiger partial charge in [0.25, 0.3) is 5.91 Å². The zero-order valence-corrected chi connectivity index (χ0v) is 12.4. The molecule has 1 heterocycles. The Labute approximate surface area is 130 Å². The van der Waals surface area contributed by atoms with Gasteiger partial charge < -0.3 is 16.2 Å². The Morgan fingerprint density at radius 1 is 1.38 bits per heavy atom. The molecule has 0 fully saturated rings. The maximum absolute atomic E-state index is 12.2. The molecule has 1 aromatic carbocycles. The van der Waals surface area contributed by atoms with E-state index in [0.29, 0.717) is 11.3 Å². The maximum Gasteiger partial charge on any atom is 0.305 e. The first-order chi connectivity index (χ1) is 9.97. The van der Waals surface area contributed by atoms with Crippen molar-refractivity contribution in [3.05, 3.63) is 51.2 Å². The van der Waals surface area contributed by atoms with Crippen molar-refractivity contribution in [2.75, 3.05) is 5.73 Å². The van der Waals surface area contributed by atoms with Crippen LogP contribution in [0.5, 0.6) is 0 Å². The lowest BCUT2D eigenvalue weighted by molar-refractivity contribution is -0.137. The molecule has 4 N–H and O–H groups in total. The Hall–Kier alpha value is -2.05. The number of benzene rings is 1. The predicted molar refractivity (Wildman–Crippen MR) is 82.6 cm³/mol. The zero-order chi connectivity index (χ0) is 15.4. The van der Waals surface area contributed by atoms with Crippen LogP contribution >= 0.6 is 22.9 Å². The first-order valence-electron chi connectivity index (χ1n) is 6.08. The molecule has 2 aromatic rings. The minimum Gasteiger partial charge on any atom is -0.481 e. The van der Waals surface area contributed by atoms with Crippen molar-refractivity contribution < 1.29 is 14.7 Å². The number of carbonyl (C=O) groups excluding carboxylic acids is 1. The number of hydrogen-bond donors (Lipinski definition) is 3. The molecular weight excluding hydrogens is 312 g/mol. The van der Waals surface area contributed by atoms with E-state index in [4.69, 9.17) is 22.4 Å². The second-order valence-corrected chi connectivity index (χ2v) is 5.76. The van der Waals surface area contributed by atoms with Gasteiger partial charge in [-0.05, 0) is 29.6 Å². The highest BCUT2D eigenvalue weighted by molar-refractivity contribution is 7.10. The van der Waals surface area contributed by atoms with Crippen LogP contribution in [0.1, 0.15) is 27.7 Å². The molecule has 21 heavy (non-hydrogen) atoms. The lowest BCUT2D eigenvalue weighted by Gasteiger charge is -2.15. The Balaban J connectivity index is 2.17. The van der Waals surface area contributed by atoms with Gasteiger partial charge in [0.2, 0.25) is 0 Å². The second kappa shape index (κ2) is 6.60. The summed E-state index contributed by atoms with van der Waals surface area (Å²) < 4.78 is 0. The van der Waals surface area contributed by atoms with Crippen LogP contribution in [0.2, 0.25) is 5.02 Å². The van der Waals surface area contributed by atoms with Crippen molar-refractivity contribution in [2.24, 2.45) is 0 Å². The van der Waals surface area contributed by atoms with Gasteiger partial charge in [0.15, 0.2) is 0 Å². The standard InChI is InChI=1S/C14H13ClN2O3S/c15-9-6-8(3-4-10(9)16)14(20)17-11(7-13(18)19)12-2-1-5-21-12/h1-6,11H,7,16H2,(H,17,20)(H,18,19). The molecule has 0 bridgehead atoms. The van der Waals surface area contributed by atoms with Crippen molar-refractivity contribution in [2.45, 2.75) is 12.5 Å². The van der Waals surface area contributed by atoms with Crippen LogP contribution < -0.4 is 11.1 Å². The monoisotopic (exact) mass is 324 g/mol. The minimum atomic E-state index is -0.982. The summed E-state index contributed by atoms with van der Waals surface area (Å²) in [6.07, 6.45) is -0.186. The van der Waals surface area contributed by atoms with Gasteiger partial charge in [-0.15, -0.1) is 11.3 Å². The smallest absolute Gasteiger partial charge is 0.305 e. The number of carboxylic acid groups (broad SMARTS) is 1. The van der Waals surface area contributed by atoms with Crippen molar-refractivity contribution in [1.82, 2.24) is 5.32 Å². The van der Waals surface area contributed by atoms with Crippen LogP contribution in [0.4, 0.5) is 5.69 Å². The maximum atomic E-state index is 12.2. The summed E-state index contributed by atoms with van der Waals surface area (Å²) in [4.78, 5) is 23.9. The van der Waals surface area contributed by atoms with Gasteiger partial charge in [0.1, 0.15) is 0 Å². The molecule has 7 heteroatoms. The number of carboxylic acids is 1. The molecule has 110 valence electrons. The van der Waals surface area contributed by atoms with E-state index in [1.54, 1.807) is 18.2 Å². The zero-order valence-electron chi connectivity index (χ0n) is 10.9.